The number of nitrogens with one attached hydrogen (secondary N) is 2. The highest BCUT2D eigenvalue weighted by Gasteiger charge is 2.24. The van der Waals surface area contributed by atoms with Crippen molar-refractivity contribution in [2.24, 2.45) is 0 Å². The summed E-state index contributed by atoms with van der Waals surface area (Å²) in [5.41, 5.74) is 3.89. The summed E-state index contributed by atoms with van der Waals surface area (Å²) < 4.78 is 2.18. The van der Waals surface area contributed by atoms with Crippen LogP contribution in [0.5, 0.6) is 0 Å². The van der Waals surface area contributed by atoms with Crippen molar-refractivity contribution in [3.63, 3.8) is 0 Å². The lowest BCUT2D eigenvalue weighted by molar-refractivity contribution is -0.191. The summed E-state index contributed by atoms with van der Waals surface area (Å²) in [6.45, 7) is 12.4. The highest BCUT2D eigenvalue weighted by molar-refractivity contribution is 7.16. The number of aryl methyl sites for hydroxylation is 1. The Morgan fingerprint density at radius 2 is 1.88 bits per heavy atom. The molecule has 0 aliphatic carbocycles. The van der Waals surface area contributed by atoms with Crippen LogP contribution in [0.3, 0.4) is 0 Å². The standard InChI is InChI=1S/C24H32N4OS2.CO2/c1-5-17-13-20(16(3)4)30-22(17)26-24(29)25-14-19-18-9-12-27(6-2)15-21(18)31-23(19)28-10-7-8-11-28;2-1-3/h7-8,10-11,13,16H,5-6,9,12,14-15H2,1-4H3,(H2,25,26,29);. The van der Waals surface area contributed by atoms with Gasteiger partial charge in [-0.25, -0.2) is 4.79 Å². The van der Waals surface area contributed by atoms with Gasteiger partial charge in [0.15, 0.2) is 0 Å². The number of hydrogen-bond acceptors (Lipinski definition) is 6. The van der Waals surface area contributed by atoms with Crippen molar-refractivity contribution in [3.05, 3.63) is 57.0 Å². The molecule has 0 unspecified atom stereocenters. The molecule has 182 valence electrons. The van der Waals surface area contributed by atoms with Crippen molar-refractivity contribution in [1.82, 2.24) is 14.8 Å². The van der Waals surface area contributed by atoms with E-state index in [1.165, 1.54) is 31.4 Å². The summed E-state index contributed by atoms with van der Waals surface area (Å²) in [6.07, 6.45) is 6.39. The van der Waals surface area contributed by atoms with E-state index in [1.54, 1.807) is 11.3 Å². The molecule has 1 aliphatic heterocycles. The highest BCUT2D eigenvalue weighted by Crippen LogP contribution is 2.36. The summed E-state index contributed by atoms with van der Waals surface area (Å²) >= 11 is 3.55. The molecule has 3 aromatic rings. The van der Waals surface area contributed by atoms with Crippen LogP contribution in [0.4, 0.5) is 9.80 Å². The molecular formula is C25H32N4O3S2. The maximum atomic E-state index is 12.8. The lowest BCUT2D eigenvalue weighted by atomic mass is 10.0. The molecular weight excluding hydrogens is 468 g/mol. The SMILES string of the molecule is CCc1cc(C(C)C)sc1NC(=O)NCc1c(-n2cccc2)sc2c1CCN(CC)C2.O=C=O. The van der Waals surface area contributed by atoms with Crippen LogP contribution in [0.15, 0.2) is 30.6 Å². The largest absolute Gasteiger partial charge is 0.373 e. The second-order valence-corrected chi connectivity index (χ2v) is 10.6. The molecule has 1 aliphatic rings. The summed E-state index contributed by atoms with van der Waals surface area (Å²) in [6, 6.07) is 6.20. The number of nitrogens with zero attached hydrogens (tertiary/aromatic N) is 2. The first-order valence-corrected chi connectivity index (χ1v) is 13.2. The topological polar surface area (TPSA) is 83.4 Å². The monoisotopic (exact) mass is 500 g/mol. The Bertz CT molecular complexity index is 1130. The molecule has 7 nitrogen and oxygen atoms in total. The van der Waals surface area contributed by atoms with Gasteiger partial charge < -0.3 is 9.88 Å². The Morgan fingerprint density at radius 3 is 2.50 bits per heavy atom. The molecule has 0 spiro atoms. The lowest BCUT2D eigenvalue weighted by Gasteiger charge is -2.25. The molecule has 2 N–H and O–H groups in total. The van der Waals surface area contributed by atoms with Crippen LogP contribution in [-0.2, 0) is 35.5 Å². The van der Waals surface area contributed by atoms with E-state index in [0.717, 1.165) is 37.5 Å². The predicted octanol–water partition coefficient (Wildman–Crippen LogP) is 5.40. The van der Waals surface area contributed by atoms with E-state index in [9.17, 15) is 4.79 Å². The third-order valence-electron chi connectivity index (χ3n) is 5.94. The van der Waals surface area contributed by atoms with Gasteiger partial charge in [-0.2, -0.15) is 9.59 Å². The van der Waals surface area contributed by atoms with Crippen LogP contribution in [-0.4, -0.2) is 34.7 Å². The first kappa shape index (κ1) is 25.9. The van der Waals surface area contributed by atoms with Crippen LogP contribution in [0.25, 0.3) is 5.00 Å². The number of rotatable bonds is 7. The van der Waals surface area contributed by atoms with Crippen molar-refractivity contribution in [1.29, 1.82) is 0 Å². The van der Waals surface area contributed by atoms with E-state index >= 15 is 0 Å². The van der Waals surface area contributed by atoms with Gasteiger partial charge in [0.1, 0.15) is 5.00 Å². The zero-order chi connectivity index (χ0) is 24.7. The Balaban J connectivity index is 0.00000103. The van der Waals surface area contributed by atoms with Crippen LogP contribution < -0.4 is 10.6 Å². The van der Waals surface area contributed by atoms with Gasteiger partial charge in [-0.05, 0) is 54.6 Å². The number of fused-ring (bicyclic) bond motifs is 1. The van der Waals surface area contributed by atoms with Gasteiger partial charge in [0.05, 0.1) is 5.00 Å². The molecule has 9 heteroatoms. The van der Waals surface area contributed by atoms with Crippen LogP contribution >= 0.6 is 22.7 Å². The fourth-order valence-corrected chi connectivity index (χ4v) is 6.58. The van der Waals surface area contributed by atoms with E-state index in [-0.39, 0.29) is 12.2 Å². The zero-order valence-electron chi connectivity index (χ0n) is 20.1. The molecule has 4 rings (SSSR count). The van der Waals surface area contributed by atoms with Crippen molar-refractivity contribution in [3.8, 4) is 5.00 Å². The fraction of sp³-hybridized carbons (Fsp3) is 0.440. The number of urea groups is 1. The van der Waals surface area contributed by atoms with Gasteiger partial charge in [0, 0.05) is 47.3 Å². The molecule has 0 aromatic carbocycles. The Morgan fingerprint density at radius 1 is 1.18 bits per heavy atom. The van der Waals surface area contributed by atoms with Gasteiger partial charge in [-0.15, -0.1) is 22.7 Å². The van der Waals surface area contributed by atoms with E-state index in [4.69, 9.17) is 9.59 Å². The van der Waals surface area contributed by atoms with Crippen molar-refractivity contribution in [2.45, 2.75) is 59.5 Å². The first-order valence-electron chi connectivity index (χ1n) is 11.6. The molecule has 34 heavy (non-hydrogen) atoms. The molecule has 2 amide bonds. The number of likely N-dealkylation sites (N-methyl/N-ethyl adjacent to an activating group) is 1. The van der Waals surface area contributed by atoms with E-state index in [1.807, 2.05) is 11.3 Å². The van der Waals surface area contributed by atoms with Crippen molar-refractivity contribution < 1.29 is 14.4 Å². The van der Waals surface area contributed by atoms with Crippen LogP contribution in [0.2, 0.25) is 0 Å². The average molecular weight is 501 g/mol. The van der Waals surface area contributed by atoms with Gasteiger partial charge in [-0.1, -0.05) is 27.7 Å². The lowest BCUT2D eigenvalue weighted by Crippen LogP contribution is -2.31. The molecule has 0 atom stereocenters. The average Bonchev–Trinajstić information content (AvgIpc) is 3.56. The fourth-order valence-electron chi connectivity index (χ4n) is 4.06. The van der Waals surface area contributed by atoms with Gasteiger partial charge in [0.25, 0.3) is 0 Å². The molecule has 0 radical (unpaired) electrons. The number of amides is 2. The molecule has 0 fully saturated rings. The minimum absolute atomic E-state index is 0.128. The normalized spacial score (nSPS) is 13.1. The minimum atomic E-state index is -0.128. The first-order chi connectivity index (χ1) is 16.4. The molecule has 0 saturated carbocycles. The Hall–Kier alpha value is -2.71. The maximum Gasteiger partial charge on any atom is 0.373 e. The van der Waals surface area contributed by atoms with Crippen LogP contribution in [0, 0.1) is 0 Å². The summed E-state index contributed by atoms with van der Waals surface area (Å²) in [5, 5.41) is 8.44. The number of hydrogen-bond donors (Lipinski definition) is 2. The molecule has 4 heterocycles. The zero-order valence-corrected chi connectivity index (χ0v) is 21.8. The third kappa shape index (κ3) is 6.04. The number of aromatic nitrogens is 1. The van der Waals surface area contributed by atoms with Gasteiger partial charge in [0.2, 0.25) is 0 Å². The Labute approximate surface area is 208 Å². The smallest absolute Gasteiger partial charge is 0.334 e. The number of thiophene rings is 2. The number of carbonyl (C=O) groups excluding carboxylic acids is 3. The summed E-state index contributed by atoms with van der Waals surface area (Å²) in [4.78, 5) is 34.3. The third-order valence-corrected chi connectivity index (χ3v) is 8.61. The highest BCUT2D eigenvalue weighted by atomic mass is 32.1. The Kier molecular flexibility index (Phi) is 9.24. The summed E-state index contributed by atoms with van der Waals surface area (Å²) in [5.74, 6) is 0.470. The quantitative estimate of drug-likeness (QED) is 0.455. The second-order valence-electron chi connectivity index (χ2n) is 8.40. The van der Waals surface area contributed by atoms with Crippen molar-refractivity contribution >= 4 is 39.9 Å². The number of carbonyl (C=O) groups is 1. The molecule has 3 aromatic heterocycles. The van der Waals surface area contributed by atoms with Crippen molar-refractivity contribution in [2.75, 3.05) is 18.4 Å². The van der Waals surface area contributed by atoms with Gasteiger partial charge in [-0.3, -0.25) is 10.2 Å². The van der Waals surface area contributed by atoms with Gasteiger partial charge >= 0.3 is 12.2 Å². The molecule has 0 saturated heterocycles. The summed E-state index contributed by atoms with van der Waals surface area (Å²) in [7, 11) is 0. The minimum Gasteiger partial charge on any atom is -0.334 e. The predicted molar refractivity (Wildman–Crippen MR) is 137 cm³/mol. The maximum absolute atomic E-state index is 12.8. The van der Waals surface area contributed by atoms with E-state index in [0.29, 0.717) is 12.5 Å². The molecule has 0 bridgehead atoms. The number of anilines is 1. The van der Waals surface area contributed by atoms with E-state index < -0.39 is 0 Å². The second kappa shape index (κ2) is 12.1. The van der Waals surface area contributed by atoms with E-state index in [2.05, 4.69) is 78.4 Å². The van der Waals surface area contributed by atoms with Crippen LogP contribution in [0.1, 0.15) is 60.1 Å².